The lowest BCUT2D eigenvalue weighted by Crippen LogP contribution is -2.24. The molecule has 188 valence electrons. The third kappa shape index (κ3) is 7.11. The molecule has 0 atom stereocenters. The number of aromatic nitrogens is 2. The first-order valence-corrected chi connectivity index (χ1v) is 13.2. The van der Waals surface area contributed by atoms with Gasteiger partial charge in [0.05, 0.1) is 17.6 Å². The average Bonchev–Trinajstić information content (AvgIpc) is 3.26. The Morgan fingerprint density at radius 3 is 2.50 bits per heavy atom. The highest BCUT2D eigenvalue weighted by molar-refractivity contribution is 6.30. The molecule has 0 spiro atoms. The first-order valence-electron chi connectivity index (χ1n) is 12.8. The molecule has 0 radical (unpaired) electrons. The smallest absolute Gasteiger partial charge is 0.251 e. The normalized spacial score (nSPS) is 11.1. The molecular weight excluding hydrogens is 470 g/mol. The number of imidazole rings is 1. The zero-order chi connectivity index (χ0) is 25.2. The van der Waals surface area contributed by atoms with E-state index in [2.05, 4.69) is 59.3 Å². The molecule has 0 saturated carbocycles. The number of fused-ring (bicyclic) bond motifs is 1. The van der Waals surface area contributed by atoms with Gasteiger partial charge >= 0.3 is 0 Å². The van der Waals surface area contributed by atoms with Crippen LogP contribution in [0, 0.1) is 0 Å². The number of nitrogens with zero attached hydrogens (tertiary/aromatic N) is 2. The van der Waals surface area contributed by atoms with E-state index in [0.29, 0.717) is 23.7 Å². The topological polar surface area (TPSA) is 56.1 Å². The SMILES string of the molecule is CCc1ccc(OCCCn2c(CCCCCNC(=O)c3ccc(Cl)cc3)nc3ccccc32)cc1. The van der Waals surface area contributed by atoms with Crippen LogP contribution in [0.15, 0.2) is 72.8 Å². The van der Waals surface area contributed by atoms with E-state index in [1.54, 1.807) is 24.3 Å². The van der Waals surface area contributed by atoms with Crippen LogP contribution >= 0.6 is 11.6 Å². The van der Waals surface area contributed by atoms with E-state index in [4.69, 9.17) is 21.3 Å². The molecule has 36 heavy (non-hydrogen) atoms. The second-order valence-electron chi connectivity index (χ2n) is 8.94. The molecule has 1 amide bonds. The molecule has 0 aliphatic heterocycles. The van der Waals surface area contributed by atoms with Gasteiger partial charge in [-0.15, -0.1) is 0 Å². The third-order valence-electron chi connectivity index (χ3n) is 6.33. The van der Waals surface area contributed by atoms with Crippen molar-refractivity contribution in [2.24, 2.45) is 0 Å². The molecule has 0 aliphatic carbocycles. The lowest BCUT2D eigenvalue weighted by atomic mass is 10.1. The summed E-state index contributed by atoms with van der Waals surface area (Å²) in [6, 6.07) is 23.6. The van der Waals surface area contributed by atoms with Gasteiger partial charge in [-0.1, -0.05) is 49.2 Å². The summed E-state index contributed by atoms with van der Waals surface area (Å²) < 4.78 is 8.30. The van der Waals surface area contributed by atoms with Crippen LogP contribution in [0.4, 0.5) is 0 Å². The molecule has 6 heteroatoms. The van der Waals surface area contributed by atoms with Crippen molar-refractivity contribution in [3.63, 3.8) is 0 Å². The highest BCUT2D eigenvalue weighted by Crippen LogP contribution is 2.19. The van der Waals surface area contributed by atoms with Crippen molar-refractivity contribution in [3.05, 3.63) is 94.8 Å². The van der Waals surface area contributed by atoms with Crippen LogP contribution in [0.2, 0.25) is 5.02 Å². The van der Waals surface area contributed by atoms with Gasteiger partial charge in [0.1, 0.15) is 11.6 Å². The van der Waals surface area contributed by atoms with Crippen LogP contribution < -0.4 is 10.1 Å². The first-order chi connectivity index (χ1) is 17.6. The van der Waals surface area contributed by atoms with Crippen molar-refractivity contribution in [3.8, 4) is 5.75 Å². The summed E-state index contributed by atoms with van der Waals surface area (Å²) >= 11 is 5.89. The van der Waals surface area contributed by atoms with Gasteiger partial charge in [-0.25, -0.2) is 4.98 Å². The van der Waals surface area contributed by atoms with E-state index >= 15 is 0 Å². The number of hydrogen-bond donors (Lipinski definition) is 1. The second kappa shape index (κ2) is 13.1. The Hall–Kier alpha value is -3.31. The minimum Gasteiger partial charge on any atom is -0.494 e. The summed E-state index contributed by atoms with van der Waals surface area (Å²) in [4.78, 5) is 17.1. The van der Waals surface area contributed by atoms with Gasteiger partial charge in [0.25, 0.3) is 5.91 Å². The molecule has 0 fully saturated rings. The van der Waals surface area contributed by atoms with Gasteiger partial charge in [-0.05, 0) is 79.8 Å². The highest BCUT2D eigenvalue weighted by Gasteiger charge is 2.10. The lowest BCUT2D eigenvalue weighted by molar-refractivity contribution is 0.0953. The average molecular weight is 504 g/mol. The van der Waals surface area contributed by atoms with Gasteiger partial charge in [-0.2, -0.15) is 0 Å². The van der Waals surface area contributed by atoms with Crippen LogP contribution in [-0.2, 0) is 19.4 Å². The molecule has 5 nitrogen and oxygen atoms in total. The highest BCUT2D eigenvalue weighted by atomic mass is 35.5. The number of nitrogens with one attached hydrogen (secondary N) is 1. The van der Waals surface area contributed by atoms with E-state index in [1.165, 1.54) is 11.1 Å². The van der Waals surface area contributed by atoms with Crippen LogP contribution in [-0.4, -0.2) is 28.6 Å². The van der Waals surface area contributed by atoms with E-state index in [0.717, 1.165) is 62.2 Å². The lowest BCUT2D eigenvalue weighted by Gasteiger charge is -2.11. The molecule has 0 bridgehead atoms. The maximum Gasteiger partial charge on any atom is 0.251 e. The van der Waals surface area contributed by atoms with Gasteiger partial charge in [-0.3, -0.25) is 4.79 Å². The first kappa shape index (κ1) is 25.8. The molecular formula is C30H34ClN3O2. The van der Waals surface area contributed by atoms with Crippen molar-refractivity contribution < 1.29 is 9.53 Å². The van der Waals surface area contributed by atoms with E-state index in [9.17, 15) is 4.79 Å². The van der Waals surface area contributed by atoms with E-state index in [-0.39, 0.29) is 5.91 Å². The van der Waals surface area contributed by atoms with Crippen molar-refractivity contribution in [2.45, 2.75) is 52.0 Å². The number of carbonyl (C=O) groups is 1. The van der Waals surface area contributed by atoms with Crippen molar-refractivity contribution in [1.82, 2.24) is 14.9 Å². The number of amides is 1. The minimum absolute atomic E-state index is 0.0583. The summed E-state index contributed by atoms with van der Waals surface area (Å²) in [5, 5.41) is 3.62. The molecule has 3 aromatic carbocycles. The molecule has 0 unspecified atom stereocenters. The van der Waals surface area contributed by atoms with Gasteiger partial charge in [0, 0.05) is 30.1 Å². The number of para-hydroxylation sites is 2. The number of unbranched alkanes of at least 4 members (excludes halogenated alkanes) is 2. The van der Waals surface area contributed by atoms with Crippen LogP contribution in [0.3, 0.4) is 0 Å². The zero-order valence-electron chi connectivity index (χ0n) is 20.9. The Balaban J connectivity index is 1.23. The molecule has 1 heterocycles. The summed E-state index contributed by atoms with van der Waals surface area (Å²) in [7, 11) is 0. The second-order valence-corrected chi connectivity index (χ2v) is 9.38. The van der Waals surface area contributed by atoms with Gasteiger partial charge in [0.2, 0.25) is 0 Å². The van der Waals surface area contributed by atoms with E-state index in [1.807, 2.05) is 6.07 Å². The van der Waals surface area contributed by atoms with E-state index < -0.39 is 0 Å². The maximum atomic E-state index is 12.2. The summed E-state index contributed by atoms with van der Waals surface area (Å²) in [5.41, 5.74) is 4.17. The number of carbonyl (C=O) groups excluding carboxylic acids is 1. The van der Waals surface area contributed by atoms with Crippen molar-refractivity contribution >= 4 is 28.5 Å². The predicted molar refractivity (Wildman–Crippen MR) is 147 cm³/mol. The minimum atomic E-state index is -0.0583. The summed E-state index contributed by atoms with van der Waals surface area (Å²) in [5.74, 6) is 1.98. The van der Waals surface area contributed by atoms with Crippen LogP contribution in [0.5, 0.6) is 5.75 Å². The molecule has 4 aromatic rings. The Labute approximate surface area is 218 Å². The fourth-order valence-electron chi connectivity index (χ4n) is 4.29. The number of hydrogen-bond acceptors (Lipinski definition) is 3. The molecule has 0 saturated heterocycles. The fourth-order valence-corrected chi connectivity index (χ4v) is 4.42. The number of benzene rings is 3. The van der Waals surface area contributed by atoms with Gasteiger partial charge in [0.15, 0.2) is 0 Å². The fraction of sp³-hybridized carbons (Fsp3) is 0.333. The largest absolute Gasteiger partial charge is 0.494 e. The quantitative estimate of drug-likeness (QED) is 0.203. The van der Waals surface area contributed by atoms with Crippen molar-refractivity contribution in [2.75, 3.05) is 13.2 Å². The third-order valence-corrected chi connectivity index (χ3v) is 6.58. The Kier molecular flexibility index (Phi) is 9.40. The van der Waals surface area contributed by atoms with Gasteiger partial charge < -0.3 is 14.6 Å². The Morgan fingerprint density at radius 1 is 0.944 bits per heavy atom. The Morgan fingerprint density at radius 2 is 1.72 bits per heavy atom. The Bertz CT molecular complexity index is 1250. The molecule has 1 aromatic heterocycles. The van der Waals surface area contributed by atoms with Crippen molar-refractivity contribution in [1.29, 1.82) is 0 Å². The van der Waals surface area contributed by atoms with Crippen LogP contribution in [0.25, 0.3) is 11.0 Å². The zero-order valence-corrected chi connectivity index (χ0v) is 21.6. The number of halogens is 1. The standard InChI is InChI=1S/C30H34ClN3O2/c1-2-23-12-18-26(19-13-23)36-22-8-21-34-28-10-6-5-9-27(28)33-29(34)11-4-3-7-20-32-30(35)24-14-16-25(31)17-15-24/h5-6,9-10,12-19H,2-4,7-8,11,20-22H2,1H3,(H,32,35). The maximum absolute atomic E-state index is 12.2. The molecule has 4 rings (SSSR count). The summed E-state index contributed by atoms with van der Waals surface area (Å²) in [6.45, 7) is 4.36. The van der Waals surface area contributed by atoms with Crippen LogP contribution in [0.1, 0.15) is 54.4 Å². The predicted octanol–water partition coefficient (Wildman–Crippen LogP) is 6.86. The molecule has 1 N–H and O–H groups in total. The number of rotatable bonds is 13. The summed E-state index contributed by atoms with van der Waals surface area (Å²) in [6.07, 6.45) is 5.86. The number of ether oxygens (including phenoxy) is 1. The molecule has 0 aliphatic rings. The monoisotopic (exact) mass is 503 g/mol. The number of aryl methyl sites for hydroxylation is 3.